The monoisotopic (exact) mass is 417 g/mol. The first-order valence-electron chi connectivity index (χ1n) is 8.93. The summed E-state index contributed by atoms with van der Waals surface area (Å²) >= 11 is 0. The Kier molecular flexibility index (Phi) is 7.28. The predicted molar refractivity (Wildman–Crippen MR) is 110 cm³/mol. The normalized spacial score (nSPS) is 11.2. The molecular weight excluding hydrogens is 394 g/mol. The first-order valence-corrected chi connectivity index (χ1v) is 11.0. The van der Waals surface area contributed by atoms with Gasteiger partial charge in [0.05, 0.1) is 11.3 Å². The molecule has 1 amide bonds. The number of amides is 1. The summed E-state index contributed by atoms with van der Waals surface area (Å²) in [6.45, 7) is 3.13. The molecule has 0 spiro atoms. The van der Waals surface area contributed by atoms with Crippen molar-refractivity contribution in [3.8, 4) is 0 Å². The van der Waals surface area contributed by atoms with Crippen molar-refractivity contribution in [1.29, 1.82) is 0 Å². The highest BCUT2D eigenvalue weighted by Gasteiger charge is 2.13. The van der Waals surface area contributed by atoms with Crippen molar-refractivity contribution < 1.29 is 27.5 Å². The fourth-order valence-corrected chi connectivity index (χ4v) is 3.16. The van der Waals surface area contributed by atoms with Gasteiger partial charge in [0.25, 0.3) is 0 Å². The quantitative estimate of drug-likeness (QED) is 0.523. The maximum absolute atomic E-state index is 12.2. The molecule has 0 aliphatic carbocycles. The number of rotatable bonds is 8. The van der Waals surface area contributed by atoms with Crippen LogP contribution >= 0.6 is 0 Å². The van der Waals surface area contributed by atoms with E-state index >= 15 is 0 Å². The van der Waals surface area contributed by atoms with Crippen molar-refractivity contribution in [2.45, 2.75) is 19.6 Å². The zero-order valence-electron chi connectivity index (χ0n) is 16.5. The molecule has 0 aliphatic rings. The largest absolute Gasteiger partial charge is 0.454 e. The summed E-state index contributed by atoms with van der Waals surface area (Å²) < 4.78 is 27.6. The lowest BCUT2D eigenvalue weighted by atomic mass is 10.1. The van der Waals surface area contributed by atoms with Crippen LogP contribution in [-0.2, 0) is 25.1 Å². The first-order chi connectivity index (χ1) is 13.5. The number of hydrogen-bond acceptors (Lipinski definition) is 6. The van der Waals surface area contributed by atoms with Gasteiger partial charge >= 0.3 is 5.97 Å². The fraction of sp³-hybridized carbons (Fsp3) is 0.286. The van der Waals surface area contributed by atoms with E-state index in [1.54, 1.807) is 38.1 Å². The molecule has 0 unspecified atom stereocenters. The topological polar surface area (TPSA) is 107 Å². The molecular formula is C21H23NO6S. The van der Waals surface area contributed by atoms with Crippen molar-refractivity contribution in [2.24, 2.45) is 5.92 Å². The summed E-state index contributed by atoms with van der Waals surface area (Å²) in [5.74, 6) is -1.45. The molecule has 0 heterocycles. The van der Waals surface area contributed by atoms with E-state index in [0.29, 0.717) is 16.8 Å². The molecule has 0 atom stereocenters. The van der Waals surface area contributed by atoms with Crippen LogP contribution in [0.2, 0.25) is 0 Å². The Balaban J connectivity index is 1.91. The maximum Gasteiger partial charge on any atom is 0.338 e. The Morgan fingerprint density at radius 2 is 1.48 bits per heavy atom. The van der Waals surface area contributed by atoms with Crippen LogP contribution in [0.1, 0.15) is 40.1 Å². The third-order valence-electron chi connectivity index (χ3n) is 3.95. The highest BCUT2D eigenvalue weighted by molar-refractivity contribution is 7.89. The van der Waals surface area contributed by atoms with E-state index in [2.05, 4.69) is 5.32 Å². The van der Waals surface area contributed by atoms with Gasteiger partial charge < -0.3 is 10.1 Å². The average Bonchev–Trinajstić information content (AvgIpc) is 2.65. The average molecular weight is 417 g/mol. The summed E-state index contributed by atoms with van der Waals surface area (Å²) in [6.07, 6.45) is 1.13. The number of hydrogen-bond donors (Lipinski definition) is 1. The SMILES string of the molecule is CC(C)C(=O)Nc1ccc(C(=O)COC(=O)c2ccc(CS(C)(=O)=O)cc2)cc1. The molecule has 7 nitrogen and oxygen atoms in total. The molecule has 154 valence electrons. The zero-order valence-corrected chi connectivity index (χ0v) is 17.3. The summed E-state index contributed by atoms with van der Waals surface area (Å²) in [5, 5.41) is 2.72. The van der Waals surface area contributed by atoms with Crippen molar-refractivity contribution in [3.63, 3.8) is 0 Å². The second kappa shape index (κ2) is 9.47. The van der Waals surface area contributed by atoms with E-state index in [0.717, 1.165) is 6.26 Å². The molecule has 2 aromatic carbocycles. The van der Waals surface area contributed by atoms with E-state index in [9.17, 15) is 22.8 Å². The van der Waals surface area contributed by atoms with Crippen LogP contribution < -0.4 is 5.32 Å². The number of Topliss-reactive ketones (excluding diaryl/α,β-unsaturated/α-hetero) is 1. The molecule has 1 N–H and O–H groups in total. The van der Waals surface area contributed by atoms with E-state index < -0.39 is 22.4 Å². The molecule has 0 saturated heterocycles. The third-order valence-corrected chi connectivity index (χ3v) is 4.81. The number of anilines is 1. The zero-order chi connectivity index (χ0) is 21.6. The molecule has 0 aromatic heterocycles. The van der Waals surface area contributed by atoms with Crippen molar-refractivity contribution in [2.75, 3.05) is 18.2 Å². The number of carbonyl (C=O) groups is 3. The number of esters is 1. The van der Waals surface area contributed by atoms with Crippen LogP contribution in [0.3, 0.4) is 0 Å². The highest BCUT2D eigenvalue weighted by atomic mass is 32.2. The molecule has 0 saturated carbocycles. The van der Waals surface area contributed by atoms with Gasteiger partial charge in [-0.15, -0.1) is 0 Å². The second-order valence-electron chi connectivity index (χ2n) is 6.99. The summed E-state index contributed by atoms with van der Waals surface area (Å²) in [7, 11) is -3.16. The van der Waals surface area contributed by atoms with Gasteiger partial charge in [0.15, 0.2) is 22.2 Å². The van der Waals surface area contributed by atoms with Gasteiger partial charge in [-0.1, -0.05) is 26.0 Å². The molecule has 8 heteroatoms. The Labute approximate surface area is 170 Å². The lowest BCUT2D eigenvalue weighted by Gasteiger charge is -2.09. The van der Waals surface area contributed by atoms with Crippen molar-refractivity contribution in [3.05, 3.63) is 65.2 Å². The van der Waals surface area contributed by atoms with E-state index in [-0.39, 0.29) is 28.9 Å². The summed E-state index contributed by atoms with van der Waals surface area (Å²) in [5.41, 5.74) is 1.71. The number of ketones is 1. The van der Waals surface area contributed by atoms with E-state index in [4.69, 9.17) is 4.74 Å². The van der Waals surface area contributed by atoms with Gasteiger partial charge in [-0.05, 0) is 42.0 Å². The molecule has 29 heavy (non-hydrogen) atoms. The van der Waals surface area contributed by atoms with Crippen LogP contribution in [-0.4, -0.2) is 38.9 Å². The third kappa shape index (κ3) is 7.15. The van der Waals surface area contributed by atoms with Crippen molar-refractivity contribution in [1.82, 2.24) is 0 Å². The van der Waals surface area contributed by atoms with E-state index in [1.165, 1.54) is 24.3 Å². The number of nitrogens with one attached hydrogen (secondary N) is 1. The minimum atomic E-state index is -3.16. The fourth-order valence-electron chi connectivity index (χ4n) is 2.36. The maximum atomic E-state index is 12.2. The number of sulfone groups is 1. The molecule has 0 aliphatic heterocycles. The minimum Gasteiger partial charge on any atom is -0.454 e. The van der Waals surface area contributed by atoms with Gasteiger partial charge in [-0.3, -0.25) is 9.59 Å². The van der Waals surface area contributed by atoms with Crippen LogP contribution in [0.5, 0.6) is 0 Å². The highest BCUT2D eigenvalue weighted by Crippen LogP contribution is 2.13. The number of benzene rings is 2. The Hall–Kier alpha value is -3.00. The summed E-state index contributed by atoms with van der Waals surface area (Å²) in [6, 6.07) is 12.3. The standard InChI is InChI=1S/C21H23NO6S/c1-14(2)20(24)22-18-10-8-16(9-11-18)19(23)12-28-21(25)17-6-4-15(5-7-17)13-29(3,26)27/h4-11,14H,12-13H2,1-3H3,(H,22,24). The van der Waals surface area contributed by atoms with Crippen LogP contribution in [0.15, 0.2) is 48.5 Å². The molecule has 0 fully saturated rings. The van der Waals surface area contributed by atoms with Gasteiger partial charge in [-0.25, -0.2) is 13.2 Å². The van der Waals surface area contributed by atoms with Crippen LogP contribution in [0.25, 0.3) is 0 Å². The number of carbonyl (C=O) groups excluding carboxylic acids is 3. The predicted octanol–water partition coefficient (Wildman–Crippen LogP) is 2.87. The Morgan fingerprint density at radius 3 is 2.00 bits per heavy atom. The smallest absolute Gasteiger partial charge is 0.338 e. The molecule has 0 bridgehead atoms. The molecule has 2 rings (SSSR count). The Bertz CT molecular complexity index is 992. The van der Waals surface area contributed by atoms with Crippen LogP contribution in [0, 0.1) is 5.92 Å². The van der Waals surface area contributed by atoms with E-state index in [1.807, 2.05) is 0 Å². The minimum absolute atomic E-state index is 0.117. The van der Waals surface area contributed by atoms with Gasteiger partial charge in [-0.2, -0.15) is 0 Å². The van der Waals surface area contributed by atoms with Gasteiger partial charge in [0, 0.05) is 23.4 Å². The lowest BCUT2D eigenvalue weighted by Crippen LogP contribution is -2.18. The number of ether oxygens (including phenoxy) is 1. The second-order valence-corrected chi connectivity index (χ2v) is 9.13. The van der Waals surface area contributed by atoms with Crippen molar-refractivity contribution >= 4 is 33.2 Å². The molecule has 2 aromatic rings. The molecule has 0 radical (unpaired) electrons. The Morgan fingerprint density at radius 1 is 0.931 bits per heavy atom. The van der Waals surface area contributed by atoms with Gasteiger partial charge in [0.1, 0.15) is 0 Å². The lowest BCUT2D eigenvalue weighted by molar-refractivity contribution is -0.118. The van der Waals surface area contributed by atoms with Gasteiger partial charge in [0.2, 0.25) is 5.91 Å². The first kappa shape index (κ1) is 22.3. The summed E-state index contributed by atoms with van der Waals surface area (Å²) in [4.78, 5) is 35.9. The van der Waals surface area contributed by atoms with Crippen LogP contribution in [0.4, 0.5) is 5.69 Å².